The van der Waals surface area contributed by atoms with Gasteiger partial charge in [0.25, 0.3) is 5.56 Å². The number of carbonyl (C=O) groups is 1. The molecule has 3 rings (SSSR count). The smallest absolute Gasteiger partial charge is 0.268 e. The summed E-state index contributed by atoms with van der Waals surface area (Å²) in [5, 5.41) is 1.81. The lowest BCUT2D eigenvalue weighted by atomic mass is 10.0. The summed E-state index contributed by atoms with van der Waals surface area (Å²) in [6.45, 7) is 0.172. The van der Waals surface area contributed by atoms with Crippen molar-refractivity contribution in [3.05, 3.63) is 63.3 Å². The minimum Gasteiger partial charge on any atom is -0.337 e. The molecule has 6 nitrogen and oxygen atoms in total. The van der Waals surface area contributed by atoms with Gasteiger partial charge in [-0.25, -0.2) is 9.37 Å². The second kappa shape index (κ2) is 7.35. The fourth-order valence-corrected chi connectivity index (χ4v) is 3.54. The monoisotopic (exact) mass is 374 g/mol. The molecule has 1 amide bonds. The van der Waals surface area contributed by atoms with Crippen molar-refractivity contribution < 1.29 is 9.18 Å². The van der Waals surface area contributed by atoms with Gasteiger partial charge in [-0.1, -0.05) is 12.1 Å². The maximum Gasteiger partial charge on any atom is 0.268 e. The van der Waals surface area contributed by atoms with Crippen LogP contribution in [0.1, 0.15) is 17.4 Å². The quantitative estimate of drug-likeness (QED) is 0.745. The highest BCUT2D eigenvalue weighted by Gasteiger charge is 2.26. The predicted molar refractivity (Wildman–Crippen MR) is 99.5 cm³/mol. The van der Waals surface area contributed by atoms with E-state index in [2.05, 4.69) is 9.97 Å². The third kappa shape index (κ3) is 3.66. The predicted octanol–water partition coefficient (Wildman–Crippen LogP) is 2.39. The Morgan fingerprint density at radius 3 is 2.58 bits per heavy atom. The van der Waals surface area contributed by atoms with Crippen molar-refractivity contribution in [3.63, 3.8) is 0 Å². The van der Waals surface area contributed by atoms with Gasteiger partial charge < -0.3 is 9.88 Å². The molecule has 0 bridgehead atoms. The van der Waals surface area contributed by atoms with E-state index in [-0.39, 0.29) is 23.8 Å². The standard InChI is InChI=1S/C18H19FN4O2S/c1-22(2)15(11-4-6-12(19)7-5-11)18(25)23(3)10-14-20-13-8-9-26-16(13)17(24)21-14/h4-9,15H,10H2,1-3H3,(H,20,21,24)/t15-/m0/s1. The van der Waals surface area contributed by atoms with Gasteiger partial charge in [-0.05, 0) is 43.2 Å². The molecule has 0 fully saturated rings. The number of likely N-dealkylation sites (N-methyl/N-ethyl adjacent to an activating group) is 2. The fourth-order valence-electron chi connectivity index (χ4n) is 2.81. The van der Waals surface area contributed by atoms with Crippen LogP contribution >= 0.6 is 11.3 Å². The SMILES string of the molecule is CN(Cc1nc2ccsc2c(=O)[nH]1)C(=O)[C@H](c1ccc(F)cc1)N(C)C. The number of hydrogen-bond acceptors (Lipinski definition) is 5. The number of fused-ring (bicyclic) bond motifs is 1. The van der Waals surface area contributed by atoms with Gasteiger partial charge in [-0.3, -0.25) is 14.5 Å². The van der Waals surface area contributed by atoms with Crippen LogP contribution in [0.4, 0.5) is 4.39 Å². The molecular formula is C18H19FN4O2S. The van der Waals surface area contributed by atoms with Crippen molar-refractivity contribution in [1.82, 2.24) is 19.8 Å². The number of rotatable bonds is 5. The Balaban J connectivity index is 1.84. The van der Waals surface area contributed by atoms with Crippen LogP contribution in [0.2, 0.25) is 0 Å². The summed E-state index contributed by atoms with van der Waals surface area (Å²) < 4.78 is 13.8. The number of halogens is 1. The summed E-state index contributed by atoms with van der Waals surface area (Å²) in [6, 6.07) is 7.09. The topological polar surface area (TPSA) is 69.3 Å². The lowest BCUT2D eigenvalue weighted by Crippen LogP contribution is -2.38. The van der Waals surface area contributed by atoms with Crippen LogP contribution in [0.5, 0.6) is 0 Å². The van der Waals surface area contributed by atoms with E-state index in [1.54, 1.807) is 44.2 Å². The van der Waals surface area contributed by atoms with Crippen molar-refractivity contribution >= 4 is 27.5 Å². The summed E-state index contributed by atoms with van der Waals surface area (Å²) >= 11 is 1.33. The first-order chi connectivity index (χ1) is 12.4. The number of nitrogens with zero attached hydrogens (tertiary/aromatic N) is 3. The zero-order chi connectivity index (χ0) is 18.8. The molecule has 0 saturated heterocycles. The number of aromatic nitrogens is 2. The molecule has 0 aliphatic heterocycles. The van der Waals surface area contributed by atoms with Crippen molar-refractivity contribution in [2.24, 2.45) is 0 Å². The molecule has 136 valence electrons. The van der Waals surface area contributed by atoms with E-state index in [0.29, 0.717) is 21.6 Å². The van der Waals surface area contributed by atoms with Crippen LogP contribution in [-0.2, 0) is 11.3 Å². The highest BCUT2D eigenvalue weighted by atomic mass is 32.1. The number of thiophene rings is 1. The number of benzene rings is 1. The molecule has 0 spiro atoms. The Bertz CT molecular complexity index is 981. The molecule has 26 heavy (non-hydrogen) atoms. The molecule has 0 radical (unpaired) electrons. The Kier molecular flexibility index (Phi) is 5.15. The number of H-pyrrole nitrogens is 1. The van der Waals surface area contributed by atoms with E-state index in [1.807, 2.05) is 5.38 Å². The molecule has 0 saturated carbocycles. The molecule has 1 N–H and O–H groups in total. The first-order valence-electron chi connectivity index (χ1n) is 8.00. The van der Waals surface area contributed by atoms with Crippen LogP contribution in [-0.4, -0.2) is 46.8 Å². The van der Waals surface area contributed by atoms with Crippen LogP contribution < -0.4 is 5.56 Å². The maximum atomic E-state index is 13.2. The molecule has 0 unspecified atom stereocenters. The van der Waals surface area contributed by atoms with Gasteiger partial charge in [0, 0.05) is 7.05 Å². The molecule has 2 heterocycles. The molecule has 0 aliphatic carbocycles. The van der Waals surface area contributed by atoms with Crippen molar-refractivity contribution in [2.75, 3.05) is 21.1 Å². The van der Waals surface area contributed by atoms with Crippen LogP contribution in [0.15, 0.2) is 40.5 Å². The van der Waals surface area contributed by atoms with Gasteiger partial charge in [0.15, 0.2) is 0 Å². The minimum absolute atomic E-state index is 0.172. The molecule has 3 aromatic rings. The molecule has 8 heteroatoms. The average molecular weight is 374 g/mol. The van der Waals surface area contributed by atoms with Crippen LogP contribution in [0, 0.1) is 5.82 Å². The van der Waals surface area contributed by atoms with Gasteiger partial charge in [0.1, 0.15) is 22.4 Å². The zero-order valence-corrected chi connectivity index (χ0v) is 15.5. The number of aromatic amines is 1. The van der Waals surface area contributed by atoms with Gasteiger partial charge >= 0.3 is 0 Å². The minimum atomic E-state index is -0.558. The summed E-state index contributed by atoms with van der Waals surface area (Å²) in [5.74, 6) is -0.0964. The van der Waals surface area contributed by atoms with Crippen molar-refractivity contribution in [1.29, 1.82) is 0 Å². The number of hydrogen-bond donors (Lipinski definition) is 1. The van der Waals surface area contributed by atoms with E-state index in [0.717, 1.165) is 0 Å². The Hall–Kier alpha value is -2.58. The number of amides is 1. The normalized spacial score (nSPS) is 12.5. The van der Waals surface area contributed by atoms with Gasteiger partial charge in [-0.2, -0.15) is 0 Å². The average Bonchev–Trinajstić information content (AvgIpc) is 3.05. The van der Waals surface area contributed by atoms with Crippen molar-refractivity contribution in [2.45, 2.75) is 12.6 Å². The van der Waals surface area contributed by atoms with E-state index in [9.17, 15) is 14.0 Å². The van der Waals surface area contributed by atoms with Gasteiger partial charge in [0.05, 0.1) is 12.1 Å². The first-order valence-corrected chi connectivity index (χ1v) is 8.88. The lowest BCUT2D eigenvalue weighted by Gasteiger charge is -2.28. The Labute approximate surface area is 153 Å². The summed E-state index contributed by atoms with van der Waals surface area (Å²) in [7, 11) is 5.23. The summed E-state index contributed by atoms with van der Waals surface area (Å²) in [4.78, 5) is 35.4. The van der Waals surface area contributed by atoms with Crippen LogP contribution in [0.3, 0.4) is 0 Å². The molecule has 2 aromatic heterocycles. The third-order valence-corrected chi connectivity index (χ3v) is 4.97. The maximum absolute atomic E-state index is 13.2. The number of nitrogens with one attached hydrogen (secondary N) is 1. The van der Waals surface area contributed by atoms with E-state index in [1.165, 1.54) is 28.4 Å². The second-order valence-corrected chi connectivity index (χ2v) is 7.18. The van der Waals surface area contributed by atoms with Crippen molar-refractivity contribution in [3.8, 4) is 0 Å². The second-order valence-electron chi connectivity index (χ2n) is 6.26. The zero-order valence-electron chi connectivity index (χ0n) is 14.7. The van der Waals surface area contributed by atoms with E-state index >= 15 is 0 Å². The molecule has 1 atom stereocenters. The van der Waals surface area contributed by atoms with Gasteiger partial charge in [-0.15, -0.1) is 11.3 Å². The first kappa shape index (κ1) is 18.2. The Morgan fingerprint density at radius 2 is 1.92 bits per heavy atom. The molecule has 0 aliphatic rings. The molecular weight excluding hydrogens is 355 g/mol. The highest BCUT2D eigenvalue weighted by molar-refractivity contribution is 7.17. The Morgan fingerprint density at radius 1 is 1.23 bits per heavy atom. The lowest BCUT2D eigenvalue weighted by molar-refractivity contribution is -0.135. The van der Waals surface area contributed by atoms with Crippen LogP contribution in [0.25, 0.3) is 10.2 Å². The largest absolute Gasteiger partial charge is 0.337 e. The van der Waals surface area contributed by atoms with Gasteiger partial charge in [0.2, 0.25) is 5.91 Å². The third-order valence-electron chi connectivity index (χ3n) is 4.06. The fraction of sp³-hybridized carbons (Fsp3) is 0.278. The van der Waals surface area contributed by atoms with E-state index in [4.69, 9.17) is 0 Å². The molecule has 1 aromatic carbocycles. The van der Waals surface area contributed by atoms with E-state index < -0.39 is 6.04 Å². The number of carbonyl (C=O) groups excluding carboxylic acids is 1. The summed E-state index contributed by atoms with van der Waals surface area (Å²) in [6.07, 6.45) is 0. The summed E-state index contributed by atoms with van der Waals surface area (Å²) in [5.41, 5.74) is 1.11. The highest BCUT2D eigenvalue weighted by Crippen LogP contribution is 2.22.